The van der Waals surface area contributed by atoms with E-state index < -0.39 is 12.5 Å². The molecule has 0 radical (unpaired) electrons. The summed E-state index contributed by atoms with van der Waals surface area (Å²) in [5.41, 5.74) is 1.06. The molecule has 1 aliphatic carbocycles. The molecular formula is C27H37F2N7O3. The third kappa shape index (κ3) is 6.46. The van der Waals surface area contributed by atoms with Gasteiger partial charge >= 0.3 is 0 Å². The van der Waals surface area contributed by atoms with Gasteiger partial charge in [0.2, 0.25) is 5.95 Å². The van der Waals surface area contributed by atoms with Crippen LogP contribution in [0.5, 0.6) is 0 Å². The Balaban J connectivity index is 1.36. The first-order chi connectivity index (χ1) is 18.9. The summed E-state index contributed by atoms with van der Waals surface area (Å²) in [5.74, 6) is 1.49. The average molecular weight is 546 g/mol. The summed E-state index contributed by atoms with van der Waals surface area (Å²) in [5, 5.41) is 22.3. The summed E-state index contributed by atoms with van der Waals surface area (Å²) in [6.45, 7) is 3.36. The number of likely N-dealkylation sites (N-methyl/N-ethyl adjacent to an activating group) is 1. The minimum atomic E-state index is -2.76. The minimum absolute atomic E-state index is 0.233. The van der Waals surface area contributed by atoms with E-state index in [0.29, 0.717) is 80.0 Å². The molecule has 5 rings (SSSR count). The van der Waals surface area contributed by atoms with E-state index in [1.807, 2.05) is 7.05 Å². The van der Waals surface area contributed by atoms with Gasteiger partial charge in [0.25, 0.3) is 6.43 Å². The number of fused-ring (bicyclic) bond motifs is 1. The predicted molar refractivity (Wildman–Crippen MR) is 145 cm³/mol. The monoisotopic (exact) mass is 545 g/mol. The Morgan fingerprint density at radius 2 is 1.79 bits per heavy atom. The van der Waals surface area contributed by atoms with Crippen LogP contribution in [0.25, 0.3) is 16.9 Å². The molecule has 1 saturated heterocycles. The maximum atomic E-state index is 14.1. The summed E-state index contributed by atoms with van der Waals surface area (Å²) >= 11 is 0. The average Bonchev–Trinajstić information content (AvgIpc) is 3.37. The van der Waals surface area contributed by atoms with E-state index in [9.17, 15) is 13.9 Å². The maximum absolute atomic E-state index is 14.1. The number of benzene rings is 1. The number of halogens is 2. The van der Waals surface area contributed by atoms with Crippen molar-refractivity contribution < 1.29 is 23.7 Å². The molecule has 39 heavy (non-hydrogen) atoms. The zero-order valence-corrected chi connectivity index (χ0v) is 22.2. The lowest BCUT2D eigenvalue weighted by atomic mass is 9.85. The quantitative estimate of drug-likeness (QED) is 0.354. The summed E-state index contributed by atoms with van der Waals surface area (Å²) in [7, 11) is 1.99. The molecule has 1 aliphatic heterocycles. The molecule has 0 bridgehead atoms. The van der Waals surface area contributed by atoms with E-state index >= 15 is 0 Å². The van der Waals surface area contributed by atoms with E-state index in [2.05, 4.69) is 25.1 Å². The molecule has 1 unspecified atom stereocenters. The van der Waals surface area contributed by atoms with E-state index in [0.717, 1.165) is 25.7 Å². The van der Waals surface area contributed by atoms with Crippen molar-refractivity contribution >= 4 is 22.8 Å². The molecule has 1 saturated carbocycles. The van der Waals surface area contributed by atoms with Gasteiger partial charge in [-0.3, -0.25) is 4.57 Å². The van der Waals surface area contributed by atoms with Crippen molar-refractivity contribution in [3.63, 3.8) is 0 Å². The van der Waals surface area contributed by atoms with Crippen LogP contribution in [-0.2, 0) is 4.74 Å². The van der Waals surface area contributed by atoms with Crippen molar-refractivity contribution in [1.29, 1.82) is 0 Å². The van der Waals surface area contributed by atoms with Crippen LogP contribution in [0.2, 0.25) is 0 Å². The minimum Gasteiger partial charge on any atom is -0.394 e. The Labute approximate surface area is 226 Å². The lowest BCUT2D eigenvalue weighted by molar-refractivity contribution is 0.0456. The number of aliphatic hydroxyl groups is 2. The van der Waals surface area contributed by atoms with Crippen LogP contribution in [0.3, 0.4) is 0 Å². The normalized spacial score (nSPS) is 21.2. The van der Waals surface area contributed by atoms with Crippen molar-refractivity contribution in [3.8, 4) is 5.82 Å². The van der Waals surface area contributed by atoms with Crippen molar-refractivity contribution in [1.82, 2.24) is 24.4 Å². The first kappa shape index (κ1) is 27.6. The van der Waals surface area contributed by atoms with Gasteiger partial charge in [0.15, 0.2) is 5.82 Å². The molecule has 1 atom stereocenters. The highest BCUT2D eigenvalue weighted by atomic mass is 19.3. The molecular weight excluding hydrogens is 508 g/mol. The van der Waals surface area contributed by atoms with Crippen LogP contribution >= 0.6 is 0 Å². The number of hydrogen-bond donors (Lipinski definition) is 3. The molecule has 0 spiro atoms. The Bertz CT molecular complexity index is 1230. The SMILES string of the molecule is CN(CC(O)CO)C1CCC(CNc2nc(N3CCOCC3)cc(-n3c(C(F)F)nc4ccccc43)n2)CC1. The van der Waals surface area contributed by atoms with E-state index in [-0.39, 0.29) is 12.4 Å². The fourth-order valence-corrected chi connectivity index (χ4v) is 5.57. The number of hydrogen-bond acceptors (Lipinski definition) is 9. The third-order valence-corrected chi connectivity index (χ3v) is 7.74. The van der Waals surface area contributed by atoms with Gasteiger partial charge in [-0.2, -0.15) is 9.97 Å². The van der Waals surface area contributed by atoms with E-state index in [1.165, 1.54) is 4.57 Å². The topological polar surface area (TPSA) is 112 Å². The lowest BCUT2D eigenvalue weighted by Gasteiger charge is -2.35. The number of nitrogens with zero attached hydrogens (tertiary/aromatic N) is 6. The number of anilines is 2. The van der Waals surface area contributed by atoms with Gasteiger partial charge in [-0.1, -0.05) is 12.1 Å². The van der Waals surface area contributed by atoms with Crippen LogP contribution in [0.1, 0.15) is 37.9 Å². The van der Waals surface area contributed by atoms with E-state index in [1.54, 1.807) is 30.3 Å². The maximum Gasteiger partial charge on any atom is 0.296 e. The molecule has 2 aromatic heterocycles. The molecule has 3 heterocycles. The van der Waals surface area contributed by atoms with Gasteiger partial charge in [0.1, 0.15) is 11.6 Å². The second kappa shape index (κ2) is 12.5. The van der Waals surface area contributed by atoms with Gasteiger partial charge < -0.3 is 30.1 Å². The first-order valence-corrected chi connectivity index (χ1v) is 13.6. The number of aliphatic hydroxyl groups excluding tert-OH is 2. The largest absolute Gasteiger partial charge is 0.394 e. The van der Waals surface area contributed by atoms with Crippen LogP contribution in [0, 0.1) is 5.92 Å². The molecule has 3 aromatic rings. The van der Waals surface area contributed by atoms with Crippen molar-refractivity contribution in [3.05, 3.63) is 36.2 Å². The van der Waals surface area contributed by atoms with Crippen molar-refractivity contribution in [2.75, 3.05) is 63.3 Å². The molecule has 212 valence electrons. The summed E-state index contributed by atoms with van der Waals surface area (Å²) in [6, 6.07) is 9.20. The number of morpholine rings is 1. The number of aromatic nitrogens is 4. The van der Waals surface area contributed by atoms with Gasteiger partial charge in [-0.25, -0.2) is 13.8 Å². The fourth-order valence-electron chi connectivity index (χ4n) is 5.57. The Kier molecular flexibility index (Phi) is 8.85. The second-order valence-electron chi connectivity index (χ2n) is 10.4. The van der Waals surface area contributed by atoms with Crippen molar-refractivity contribution in [2.45, 2.75) is 44.3 Å². The zero-order chi connectivity index (χ0) is 27.4. The number of para-hydroxylation sites is 2. The molecule has 2 fully saturated rings. The zero-order valence-electron chi connectivity index (χ0n) is 22.2. The highest BCUT2D eigenvalue weighted by Gasteiger charge is 2.26. The van der Waals surface area contributed by atoms with Gasteiger partial charge in [0.05, 0.1) is 37.0 Å². The molecule has 3 N–H and O–H groups in total. The van der Waals surface area contributed by atoms with E-state index in [4.69, 9.17) is 14.8 Å². The molecule has 2 aliphatic rings. The number of imidazole rings is 1. The molecule has 1 aromatic carbocycles. The van der Waals surface area contributed by atoms with Crippen LogP contribution in [-0.4, -0.2) is 99.8 Å². The summed E-state index contributed by atoms with van der Waals surface area (Å²) in [4.78, 5) is 17.8. The predicted octanol–water partition coefficient (Wildman–Crippen LogP) is 2.85. The first-order valence-electron chi connectivity index (χ1n) is 13.6. The highest BCUT2D eigenvalue weighted by molar-refractivity contribution is 5.78. The van der Waals surface area contributed by atoms with Gasteiger partial charge in [-0.05, 0) is 50.8 Å². The molecule has 0 amide bonds. The number of ether oxygens (including phenoxy) is 1. The van der Waals surface area contributed by atoms with Crippen LogP contribution in [0.4, 0.5) is 20.5 Å². The van der Waals surface area contributed by atoms with Crippen LogP contribution < -0.4 is 10.2 Å². The van der Waals surface area contributed by atoms with Crippen molar-refractivity contribution in [2.24, 2.45) is 5.92 Å². The van der Waals surface area contributed by atoms with Crippen LogP contribution in [0.15, 0.2) is 30.3 Å². The number of nitrogens with one attached hydrogen (secondary N) is 1. The standard InChI is InChI=1S/C27H37F2N7O3/c1-34(16-20(38)17-37)19-8-6-18(7-9-19)15-30-27-32-23(35-10-12-39-13-11-35)14-24(33-27)36-22-5-3-2-4-21(22)31-26(36)25(28)29/h2-5,14,18-20,25,37-38H,6-13,15-17H2,1H3,(H,30,32,33). The second-order valence-corrected chi connectivity index (χ2v) is 10.4. The lowest BCUT2D eigenvalue weighted by Crippen LogP contribution is -2.41. The summed E-state index contributed by atoms with van der Waals surface area (Å²) < 4.78 is 35.1. The Morgan fingerprint density at radius 1 is 1.08 bits per heavy atom. The third-order valence-electron chi connectivity index (χ3n) is 7.74. The van der Waals surface area contributed by atoms with Gasteiger partial charge in [-0.15, -0.1) is 0 Å². The number of alkyl halides is 2. The number of rotatable bonds is 10. The van der Waals surface area contributed by atoms with Gasteiger partial charge in [0, 0.05) is 38.3 Å². The Morgan fingerprint density at radius 3 is 2.51 bits per heavy atom. The molecule has 12 heteroatoms. The highest BCUT2D eigenvalue weighted by Crippen LogP contribution is 2.30. The fraction of sp³-hybridized carbons (Fsp3) is 0.593. The Hall–Kier alpha value is -2.93. The molecule has 10 nitrogen and oxygen atoms in total. The smallest absolute Gasteiger partial charge is 0.296 e. The summed E-state index contributed by atoms with van der Waals surface area (Å²) in [6.07, 6.45) is 0.531.